The molecular weight excluding hydrogens is 235 g/mol. The molecule has 0 fully saturated rings. The van der Waals surface area contributed by atoms with E-state index in [0.29, 0.717) is 5.69 Å². The topological polar surface area (TPSA) is 52.0 Å². The molecule has 0 aromatic carbocycles. The maximum atomic E-state index is 10.7. The molecule has 1 aromatic heterocycles. The lowest BCUT2D eigenvalue weighted by Gasteiger charge is -2.04. The fourth-order valence-electron chi connectivity index (χ4n) is 0.797. The first-order valence-corrected chi connectivity index (χ1v) is 5.09. The summed E-state index contributed by atoms with van der Waals surface area (Å²) in [7, 11) is -0.933. The average Bonchev–Trinajstić information content (AvgIpc) is 2.07. The molecule has 0 bridgehead atoms. The zero-order chi connectivity index (χ0) is 10.2. The first kappa shape index (κ1) is 10.6. The Kier molecular flexibility index (Phi) is 3.00. The third kappa shape index (κ3) is 1.87. The summed E-state index contributed by atoms with van der Waals surface area (Å²) in [5.74, 6) is 0. The van der Waals surface area contributed by atoms with Crippen LogP contribution in [0, 0.1) is 11.7 Å². The Bertz CT molecular complexity index is 510. The van der Waals surface area contributed by atoms with E-state index in [-0.39, 0.29) is 14.9 Å². The summed E-state index contributed by atoms with van der Waals surface area (Å²) in [6.45, 7) is 1.59. The SMILES string of the molecule is Cc1nc(=S(=O)=O)n(C)c(Cl)c1Cl. The second-order valence-corrected chi connectivity index (χ2v) is 3.95. The molecule has 0 unspecified atom stereocenters. The molecule has 0 atom stereocenters. The van der Waals surface area contributed by atoms with E-state index in [0.717, 1.165) is 0 Å². The lowest BCUT2D eigenvalue weighted by Crippen LogP contribution is -2.02. The summed E-state index contributed by atoms with van der Waals surface area (Å²) < 4.78 is 22.4. The molecule has 1 aromatic rings. The second kappa shape index (κ2) is 3.69. The number of nitrogens with zero attached hydrogens (tertiary/aromatic N) is 2. The van der Waals surface area contributed by atoms with E-state index < -0.39 is 10.3 Å². The Morgan fingerprint density at radius 3 is 2.38 bits per heavy atom. The molecule has 0 spiro atoms. The Hall–Kier alpha value is -0.520. The zero-order valence-electron chi connectivity index (χ0n) is 6.88. The first-order chi connectivity index (χ1) is 5.95. The van der Waals surface area contributed by atoms with E-state index in [9.17, 15) is 8.42 Å². The van der Waals surface area contributed by atoms with E-state index in [1.165, 1.54) is 11.6 Å². The van der Waals surface area contributed by atoms with Gasteiger partial charge in [0.1, 0.15) is 5.15 Å². The molecule has 0 saturated heterocycles. The van der Waals surface area contributed by atoms with Gasteiger partial charge in [-0.2, -0.15) is 8.42 Å². The molecule has 1 heterocycles. The summed E-state index contributed by atoms with van der Waals surface area (Å²) in [5.41, 5.74) is 0.393. The Balaban J connectivity index is 3.94. The van der Waals surface area contributed by atoms with Crippen LogP contribution in [0.2, 0.25) is 10.2 Å². The minimum Gasteiger partial charge on any atom is -0.306 e. The van der Waals surface area contributed by atoms with Gasteiger partial charge in [0, 0.05) is 7.05 Å². The van der Waals surface area contributed by atoms with Crippen LogP contribution >= 0.6 is 23.2 Å². The highest BCUT2D eigenvalue weighted by molar-refractivity contribution is 7.63. The second-order valence-electron chi connectivity index (χ2n) is 2.38. The number of halogens is 2. The van der Waals surface area contributed by atoms with Gasteiger partial charge in [-0.25, -0.2) is 4.98 Å². The van der Waals surface area contributed by atoms with Gasteiger partial charge >= 0.3 is 0 Å². The summed E-state index contributed by atoms with van der Waals surface area (Å²) in [6, 6.07) is 0. The van der Waals surface area contributed by atoms with Gasteiger partial charge in [0.2, 0.25) is 0 Å². The Labute approximate surface area is 86.3 Å². The lowest BCUT2D eigenvalue weighted by molar-refractivity contribution is 0.620. The molecule has 72 valence electrons. The molecule has 7 heteroatoms. The highest BCUT2D eigenvalue weighted by atomic mass is 35.5. The number of hydrogen-bond acceptors (Lipinski definition) is 3. The normalized spacial score (nSPS) is 10.2. The number of hydrogen-bond donors (Lipinski definition) is 0. The van der Waals surface area contributed by atoms with Gasteiger partial charge in [-0.1, -0.05) is 23.2 Å². The Morgan fingerprint density at radius 2 is 1.92 bits per heavy atom. The standard InChI is InChI=1S/C6H6Cl2N2O2S/c1-3-4(7)5(8)10(2)6(9-3)13(11)12/h1-2H3. The molecule has 0 amide bonds. The molecule has 0 aliphatic rings. The van der Waals surface area contributed by atoms with Gasteiger partial charge in [0.15, 0.2) is 0 Å². The van der Waals surface area contributed by atoms with Crippen molar-refractivity contribution in [3.63, 3.8) is 0 Å². The summed E-state index contributed by atoms with van der Waals surface area (Å²) >= 11 is 11.5. The Morgan fingerprint density at radius 1 is 1.38 bits per heavy atom. The smallest absolute Gasteiger partial charge is 0.258 e. The van der Waals surface area contributed by atoms with Gasteiger partial charge in [-0.05, 0) is 6.92 Å². The van der Waals surface area contributed by atoms with Crippen LogP contribution in [-0.4, -0.2) is 18.0 Å². The zero-order valence-corrected chi connectivity index (χ0v) is 9.20. The first-order valence-electron chi connectivity index (χ1n) is 3.26. The predicted molar refractivity (Wildman–Crippen MR) is 50.1 cm³/mol. The molecule has 4 nitrogen and oxygen atoms in total. The van der Waals surface area contributed by atoms with E-state index in [4.69, 9.17) is 23.2 Å². The molecular formula is C6H6Cl2N2O2S. The number of rotatable bonds is 0. The van der Waals surface area contributed by atoms with Gasteiger partial charge in [0.05, 0.1) is 10.7 Å². The van der Waals surface area contributed by atoms with Gasteiger partial charge < -0.3 is 4.57 Å². The van der Waals surface area contributed by atoms with E-state index >= 15 is 0 Å². The largest absolute Gasteiger partial charge is 0.306 e. The van der Waals surface area contributed by atoms with Crippen LogP contribution in [0.3, 0.4) is 0 Å². The predicted octanol–water partition coefficient (Wildman–Crippen LogP) is 1.45. The van der Waals surface area contributed by atoms with Crippen molar-refractivity contribution < 1.29 is 8.42 Å². The van der Waals surface area contributed by atoms with Crippen molar-refractivity contribution in [2.75, 3.05) is 0 Å². The molecule has 1 rings (SSSR count). The fraction of sp³-hybridized carbons (Fsp3) is 0.333. The minimum absolute atomic E-state index is 0.132. The maximum Gasteiger partial charge on any atom is 0.258 e. The highest BCUT2D eigenvalue weighted by Gasteiger charge is 2.07. The molecule has 0 saturated carbocycles. The fourth-order valence-corrected chi connectivity index (χ4v) is 1.76. The van der Waals surface area contributed by atoms with Crippen LogP contribution in [0.5, 0.6) is 0 Å². The average molecular weight is 241 g/mol. The van der Waals surface area contributed by atoms with Crippen molar-refractivity contribution in [3.8, 4) is 0 Å². The number of aryl methyl sites for hydroxylation is 1. The van der Waals surface area contributed by atoms with Crippen molar-refractivity contribution >= 4 is 33.5 Å². The summed E-state index contributed by atoms with van der Waals surface area (Å²) in [4.78, 5) is 3.77. The van der Waals surface area contributed by atoms with Crippen molar-refractivity contribution in [3.05, 3.63) is 20.6 Å². The van der Waals surface area contributed by atoms with Crippen LogP contribution in [0.25, 0.3) is 0 Å². The van der Waals surface area contributed by atoms with Crippen LogP contribution < -0.4 is 0 Å². The molecule has 13 heavy (non-hydrogen) atoms. The van der Waals surface area contributed by atoms with Crippen molar-refractivity contribution in [2.24, 2.45) is 7.05 Å². The quantitative estimate of drug-likeness (QED) is 0.510. The van der Waals surface area contributed by atoms with Crippen LogP contribution in [0.1, 0.15) is 5.69 Å². The van der Waals surface area contributed by atoms with Crippen molar-refractivity contribution in [1.82, 2.24) is 9.55 Å². The van der Waals surface area contributed by atoms with E-state index in [1.807, 2.05) is 0 Å². The molecule has 0 aliphatic heterocycles. The molecule has 0 radical (unpaired) electrons. The van der Waals surface area contributed by atoms with Crippen LogP contribution in [-0.2, 0) is 17.3 Å². The van der Waals surface area contributed by atoms with Gasteiger partial charge in [0.25, 0.3) is 15.1 Å². The minimum atomic E-state index is -2.41. The van der Waals surface area contributed by atoms with Gasteiger partial charge in [-0.3, -0.25) is 0 Å². The summed E-state index contributed by atoms with van der Waals surface area (Å²) in [5, 5.41) is 0.423. The van der Waals surface area contributed by atoms with Crippen molar-refractivity contribution in [2.45, 2.75) is 6.92 Å². The summed E-state index contributed by atoms with van der Waals surface area (Å²) in [6.07, 6.45) is 0. The van der Waals surface area contributed by atoms with Gasteiger partial charge in [-0.15, -0.1) is 0 Å². The molecule has 0 aliphatic carbocycles. The highest BCUT2D eigenvalue weighted by Crippen LogP contribution is 2.22. The van der Waals surface area contributed by atoms with Crippen LogP contribution in [0.15, 0.2) is 0 Å². The van der Waals surface area contributed by atoms with Crippen LogP contribution in [0.4, 0.5) is 0 Å². The number of aromatic nitrogens is 2. The lowest BCUT2D eigenvalue weighted by atomic mass is 10.4. The van der Waals surface area contributed by atoms with E-state index in [1.54, 1.807) is 6.92 Å². The third-order valence-corrected chi connectivity index (χ3v) is 3.15. The molecule has 0 N–H and O–H groups in total. The van der Waals surface area contributed by atoms with Crippen molar-refractivity contribution in [1.29, 1.82) is 0 Å². The third-order valence-electron chi connectivity index (χ3n) is 1.49. The van der Waals surface area contributed by atoms with E-state index in [2.05, 4.69) is 4.98 Å². The monoisotopic (exact) mass is 240 g/mol. The maximum absolute atomic E-state index is 10.7.